The van der Waals surface area contributed by atoms with Gasteiger partial charge < -0.3 is 5.11 Å². The maximum atomic E-state index is 10.7. The Hall–Kier alpha value is -0.570. The van der Waals surface area contributed by atoms with Crippen LogP contribution < -0.4 is 0 Å². The van der Waals surface area contributed by atoms with E-state index in [1.54, 1.807) is 0 Å². The molecular weight excluding hydrogens is 178 g/mol. The van der Waals surface area contributed by atoms with E-state index < -0.39 is 5.97 Å². The smallest absolute Gasteiger partial charge is 0.320 e. The molecule has 0 aromatic heterocycles. The predicted octanol–water partition coefficient (Wildman–Crippen LogP) is 2.22. The van der Waals surface area contributed by atoms with E-state index in [4.69, 9.17) is 5.11 Å². The summed E-state index contributed by atoms with van der Waals surface area (Å²) in [5, 5.41) is 8.84. The van der Waals surface area contributed by atoms with Crippen LogP contribution in [0.3, 0.4) is 0 Å². The van der Waals surface area contributed by atoms with Crippen molar-refractivity contribution in [2.24, 2.45) is 5.41 Å². The number of aliphatic carboxylic acids is 1. The first kappa shape index (κ1) is 13.4. The van der Waals surface area contributed by atoms with Crippen molar-refractivity contribution in [1.29, 1.82) is 0 Å². The van der Waals surface area contributed by atoms with Crippen molar-refractivity contribution in [3.05, 3.63) is 0 Å². The summed E-state index contributed by atoms with van der Waals surface area (Å²) in [6.45, 7) is 9.24. The van der Waals surface area contributed by atoms with Gasteiger partial charge in [-0.05, 0) is 25.3 Å². The van der Waals surface area contributed by atoms with Crippen LogP contribution in [0.5, 0.6) is 0 Å². The van der Waals surface area contributed by atoms with Crippen molar-refractivity contribution in [1.82, 2.24) is 4.90 Å². The van der Waals surface area contributed by atoms with Crippen LogP contribution in [0, 0.1) is 5.41 Å². The van der Waals surface area contributed by atoms with Gasteiger partial charge in [-0.15, -0.1) is 0 Å². The van der Waals surface area contributed by atoms with Crippen molar-refractivity contribution in [3.8, 4) is 0 Å². The quantitative estimate of drug-likeness (QED) is 0.707. The van der Waals surface area contributed by atoms with Gasteiger partial charge in [0.25, 0.3) is 0 Å². The molecule has 0 saturated carbocycles. The molecule has 84 valence electrons. The zero-order valence-electron chi connectivity index (χ0n) is 10.0. The summed E-state index contributed by atoms with van der Waals surface area (Å²) in [6, 6.07) is -0.266. The first-order valence-electron chi connectivity index (χ1n) is 5.35. The van der Waals surface area contributed by atoms with E-state index in [2.05, 4.69) is 13.8 Å². The number of carbonyl (C=O) groups is 1. The van der Waals surface area contributed by atoms with Gasteiger partial charge in [0.05, 0.1) is 0 Å². The van der Waals surface area contributed by atoms with Crippen LogP contribution in [-0.2, 0) is 4.79 Å². The number of likely N-dealkylation sites (N-methyl/N-ethyl adjacent to an activating group) is 1. The number of piperidine rings is 1. The Morgan fingerprint density at radius 2 is 1.93 bits per heavy atom. The van der Waals surface area contributed by atoms with Crippen LogP contribution in [0.4, 0.5) is 0 Å². The molecular formula is C11H23NO2. The van der Waals surface area contributed by atoms with Crippen LogP contribution in [0.1, 0.15) is 40.5 Å². The fourth-order valence-electron chi connectivity index (χ4n) is 1.92. The molecule has 1 aliphatic rings. The Morgan fingerprint density at radius 3 is 2.29 bits per heavy atom. The Labute approximate surface area is 87.1 Å². The standard InChI is InChI=1S/C9H17NO2.C2H6/c1-9(2)5-4-7(8(11)12)10(3)6-9;1-2/h7H,4-6H2,1-3H3,(H,11,12);1-2H3. The highest BCUT2D eigenvalue weighted by atomic mass is 16.4. The average molecular weight is 201 g/mol. The second kappa shape index (κ2) is 5.35. The minimum absolute atomic E-state index is 0.266. The summed E-state index contributed by atoms with van der Waals surface area (Å²) >= 11 is 0. The highest BCUT2D eigenvalue weighted by Crippen LogP contribution is 2.30. The first-order valence-corrected chi connectivity index (χ1v) is 5.35. The molecule has 0 amide bonds. The zero-order chi connectivity index (χ0) is 11.4. The minimum Gasteiger partial charge on any atom is -0.480 e. The van der Waals surface area contributed by atoms with Crippen LogP contribution in [0.25, 0.3) is 0 Å². The molecule has 1 rings (SSSR count). The molecule has 1 N–H and O–H groups in total. The maximum Gasteiger partial charge on any atom is 0.320 e. The number of hydrogen-bond donors (Lipinski definition) is 1. The summed E-state index contributed by atoms with van der Waals surface area (Å²) < 4.78 is 0. The van der Waals surface area contributed by atoms with E-state index in [-0.39, 0.29) is 11.5 Å². The van der Waals surface area contributed by atoms with E-state index in [0.717, 1.165) is 19.4 Å². The second-order valence-electron chi connectivity index (χ2n) is 4.47. The van der Waals surface area contributed by atoms with Gasteiger partial charge >= 0.3 is 5.97 Å². The number of rotatable bonds is 1. The number of nitrogens with zero attached hydrogens (tertiary/aromatic N) is 1. The molecule has 0 spiro atoms. The lowest BCUT2D eigenvalue weighted by molar-refractivity contribution is -0.145. The number of likely N-dealkylation sites (tertiary alicyclic amines) is 1. The fraction of sp³-hybridized carbons (Fsp3) is 0.909. The van der Waals surface area contributed by atoms with Gasteiger partial charge in [-0.25, -0.2) is 0 Å². The van der Waals surface area contributed by atoms with Gasteiger partial charge in [0, 0.05) is 6.54 Å². The highest BCUT2D eigenvalue weighted by Gasteiger charge is 2.34. The summed E-state index contributed by atoms with van der Waals surface area (Å²) in [5.41, 5.74) is 0.278. The molecule has 1 heterocycles. The Morgan fingerprint density at radius 1 is 1.43 bits per heavy atom. The monoisotopic (exact) mass is 201 g/mol. The van der Waals surface area contributed by atoms with Crippen LogP contribution >= 0.6 is 0 Å². The highest BCUT2D eigenvalue weighted by molar-refractivity contribution is 5.73. The minimum atomic E-state index is -0.687. The van der Waals surface area contributed by atoms with Crippen LogP contribution in [-0.4, -0.2) is 35.6 Å². The summed E-state index contributed by atoms with van der Waals surface area (Å²) in [7, 11) is 1.89. The van der Waals surface area contributed by atoms with E-state index in [1.807, 2.05) is 25.8 Å². The van der Waals surface area contributed by atoms with Gasteiger partial charge in [0.2, 0.25) is 0 Å². The van der Waals surface area contributed by atoms with E-state index in [1.165, 1.54) is 0 Å². The van der Waals surface area contributed by atoms with Crippen molar-refractivity contribution in [2.75, 3.05) is 13.6 Å². The Balaban J connectivity index is 0.000000791. The van der Waals surface area contributed by atoms with Gasteiger partial charge in [0.1, 0.15) is 6.04 Å². The van der Waals surface area contributed by atoms with Crippen molar-refractivity contribution in [2.45, 2.75) is 46.6 Å². The summed E-state index contributed by atoms with van der Waals surface area (Å²) in [4.78, 5) is 12.7. The largest absolute Gasteiger partial charge is 0.480 e. The van der Waals surface area contributed by atoms with Gasteiger partial charge in [0.15, 0.2) is 0 Å². The Bertz CT molecular complexity index is 190. The topological polar surface area (TPSA) is 40.5 Å². The third-order valence-electron chi connectivity index (χ3n) is 2.59. The molecule has 0 bridgehead atoms. The molecule has 14 heavy (non-hydrogen) atoms. The molecule has 3 nitrogen and oxygen atoms in total. The fourth-order valence-corrected chi connectivity index (χ4v) is 1.92. The molecule has 0 aliphatic carbocycles. The zero-order valence-corrected chi connectivity index (χ0v) is 10.0. The van der Waals surface area contributed by atoms with Gasteiger partial charge in [-0.2, -0.15) is 0 Å². The SMILES string of the molecule is CC.CN1CC(C)(C)CCC1C(=O)O. The lowest BCUT2D eigenvalue weighted by Gasteiger charge is -2.39. The van der Waals surface area contributed by atoms with Crippen molar-refractivity contribution in [3.63, 3.8) is 0 Å². The second-order valence-corrected chi connectivity index (χ2v) is 4.47. The predicted molar refractivity (Wildman–Crippen MR) is 58.4 cm³/mol. The molecule has 1 aliphatic heterocycles. The van der Waals surface area contributed by atoms with Crippen molar-refractivity contribution < 1.29 is 9.90 Å². The third-order valence-corrected chi connectivity index (χ3v) is 2.59. The van der Waals surface area contributed by atoms with Gasteiger partial charge in [-0.1, -0.05) is 27.7 Å². The van der Waals surface area contributed by atoms with Crippen molar-refractivity contribution >= 4 is 5.97 Å². The number of hydrogen-bond acceptors (Lipinski definition) is 2. The number of carboxylic acid groups (broad SMARTS) is 1. The van der Waals surface area contributed by atoms with E-state index in [0.29, 0.717) is 0 Å². The molecule has 1 fully saturated rings. The van der Waals surface area contributed by atoms with E-state index >= 15 is 0 Å². The first-order chi connectivity index (χ1) is 6.42. The lowest BCUT2D eigenvalue weighted by atomic mass is 9.81. The van der Waals surface area contributed by atoms with Gasteiger partial charge in [-0.3, -0.25) is 9.69 Å². The molecule has 1 unspecified atom stereocenters. The third kappa shape index (κ3) is 3.66. The molecule has 0 radical (unpaired) electrons. The molecule has 1 atom stereocenters. The molecule has 0 aromatic carbocycles. The number of carboxylic acids is 1. The Kier molecular flexibility index (Phi) is 5.13. The molecule has 1 saturated heterocycles. The van der Waals surface area contributed by atoms with Crippen LogP contribution in [0.2, 0.25) is 0 Å². The van der Waals surface area contributed by atoms with E-state index in [9.17, 15) is 4.79 Å². The lowest BCUT2D eigenvalue weighted by Crippen LogP contribution is -2.48. The average Bonchev–Trinajstić information content (AvgIpc) is 2.05. The summed E-state index contributed by atoms with van der Waals surface area (Å²) in [6.07, 6.45) is 1.78. The molecule has 0 aromatic rings. The molecule has 3 heteroatoms. The maximum absolute atomic E-state index is 10.7. The normalized spacial score (nSPS) is 26.2. The summed E-state index contributed by atoms with van der Waals surface area (Å²) in [5.74, 6) is -0.687. The van der Waals surface area contributed by atoms with Crippen LogP contribution in [0.15, 0.2) is 0 Å².